The molecule has 1 fully saturated rings. The second-order valence-corrected chi connectivity index (χ2v) is 5.50. The highest BCUT2D eigenvalue weighted by atomic mass is 16.7. The van der Waals surface area contributed by atoms with Gasteiger partial charge in [0.15, 0.2) is 12.4 Å². The van der Waals surface area contributed by atoms with Gasteiger partial charge >= 0.3 is 0 Å². The number of benzene rings is 2. The van der Waals surface area contributed by atoms with Crippen molar-refractivity contribution in [2.45, 2.75) is 12.4 Å². The second-order valence-electron chi connectivity index (χ2n) is 5.50. The lowest BCUT2D eigenvalue weighted by molar-refractivity contribution is -0.139. The summed E-state index contributed by atoms with van der Waals surface area (Å²) in [6, 6.07) is 20.1. The van der Waals surface area contributed by atoms with Crippen LogP contribution in [0.25, 0.3) is 0 Å². The fraction of sp³-hybridized carbons (Fsp3) is 0.278. The van der Waals surface area contributed by atoms with Crippen LogP contribution in [0.3, 0.4) is 0 Å². The summed E-state index contributed by atoms with van der Waals surface area (Å²) >= 11 is 0. The van der Waals surface area contributed by atoms with Crippen LogP contribution in [0.1, 0.15) is 17.4 Å². The van der Waals surface area contributed by atoms with Crippen LogP contribution in [-0.4, -0.2) is 25.0 Å². The van der Waals surface area contributed by atoms with Gasteiger partial charge in [-0.05, 0) is 5.56 Å². The van der Waals surface area contributed by atoms with Gasteiger partial charge in [0.2, 0.25) is 0 Å². The highest BCUT2D eigenvalue weighted by Gasteiger charge is 2.39. The van der Waals surface area contributed by atoms with E-state index in [1.807, 2.05) is 60.7 Å². The maximum atomic E-state index is 5.97. The molecule has 4 rings (SSSR count). The van der Waals surface area contributed by atoms with Gasteiger partial charge in [-0.3, -0.25) is 0 Å². The van der Waals surface area contributed by atoms with Crippen molar-refractivity contribution in [3.63, 3.8) is 0 Å². The molecule has 2 aromatic carbocycles. The van der Waals surface area contributed by atoms with Gasteiger partial charge < -0.3 is 14.3 Å². The first-order valence-electron chi connectivity index (χ1n) is 7.49. The number of rotatable bonds is 2. The van der Waals surface area contributed by atoms with Crippen LogP contribution in [0.4, 0.5) is 0 Å². The lowest BCUT2D eigenvalue weighted by Crippen LogP contribution is -2.29. The first-order valence-corrected chi connectivity index (χ1v) is 7.49. The summed E-state index contributed by atoms with van der Waals surface area (Å²) in [4.78, 5) is 5.57. The molecule has 0 spiro atoms. The highest BCUT2D eigenvalue weighted by Crippen LogP contribution is 2.31. The Labute approximate surface area is 129 Å². The van der Waals surface area contributed by atoms with E-state index in [-0.39, 0.29) is 18.3 Å². The Hall–Kier alpha value is -2.17. The van der Waals surface area contributed by atoms with Gasteiger partial charge in [-0.15, -0.1) is 0 Å². The minimum atomic E-state index is -0.340. The molecule has 0 amide bonds. The molecule has 4 heteroatoms. The summed E-state index contributed by atoms with van der Waals surface area (Å²) in [5.41, 5.74) is 3.06. The Bertz CT molecular complexity index is 657. The summed E-state index contributed by atoms with van der Waals surface area (Å²) < 4.78 is 11.8. The van der Waals surface area contributed by atoms with Crippen LogP contribution in [0.2, 0.25) is 0 Å². The Morgan fingerprint density at radius 3 is 2.27 bits per heavy atom. The standard InChI is InChI=1S/C18H17NO3/c1-3-7-13(8-4-1)17-15-11-20-18(14-9-5-2-6-10-14)21-12-16(15)22-19-17/h1-10,15-16,18H,11-12H2/t15-,16+,18+/m1/s1. The zero-order valence-corrected chi connectivity index (χ0v) is 12.1. The van der Waals surface area contributed by atoms with E-state index in [2.05, 4.69) is 5.16 Å². The molecular formula is C18H17NO3. The first-order chi connectivity index (χ1) is 10.9. The minimum absolute atomic E-state index is 0.0797. The maximum Gasteiger partial charge on any atom is 0.184 e. The quantitative estimate of drug-likeness (QED) is 0.854. The van der Waals surface area contributed by atoms with Gasteiger partial charge in [0.05, 0.1) is 24.8 Å². The van der Waals surface area contributed by atoms with E-state index in [1.54, 1.807) is 0 Å². The van der Waals surface area contributed by atoms with Crippen molar-refractivity contribution in [2.24, 2.45) is 11.1 Å². The van der Waals surface area contributed by atoms with E-state index in [0.29, 0.717) is 13.2 Å². The van der Waals surface area contributed by atoms with E-state index < -0.39 is 0 Å². The lowest BCUT2D eigenvalue weighted by Gasteiger charge is -2.16. The van der Waals surface area contributed by atoms with Crippen LogP contribution in [0.5, 0.6) is 0 Å². The average molecular weight is 295 g/mol. The molecule has 0 radical (unpaired) electrons. The fourth-order valence-electron chi connectivity index (χ4n) is 2.87. The summed E-state index contributed by atoms with van der Waals surface area (Å²) in [7, 11) is 0. The van der Waals surface area contributed by atoms with Crippen molar-refractivity contribution < 1.29 is 14.3 Å². The predicted octanol–water partition coefficient (Wildman–Crippen LogP) is 3.15. The van der Waals surface area contributed by atoms with Gasteiger partial charge in [0, 0.05) is 5.56 Å². The molecule has 112 valence electrons. The summed E-state index contributed by atoms with van der Waals surface area (Å²) in [5, 5.41) is 4.25. The molecule has 0 aromatic heterocycles. The SMILES string of the molecule is c1ccc(C2=NO[C@H]3CO[C@@H](c4ccccc4)OC[C@@H]23)cc1. The van der Waals surface area contributed by atoms with Crippen LogP contribution in [0, 0.1) is 5.92 Å². The number of oxime groups is 1. The molecule has 0 bridgehead atoms. The molecule has 2 aliphatic heterocycles. The lowest BCUT2D eigenvalue weighted by atomic mass is 9.93. The maximum absolute atomic E-state index is 5.97. The van der Waals surface area contributed by atoms with E-state index in [9.17, 15) is 0 Å². The topological polar surface area (TPSA) is 40.0 Å². The molecule has 2 aromatic rings. The minimum Gasteiger partial charge on any atom is -0.389 e. The third-order valence-electron chi connectivity index (χ3n) is 4.07. The van der Waals surface area contributed by atoms with Crippen molar-refractivity contribution in [1.29, 1.82) is 0 Å². The van der Waals surface area contributed by atoms with Gasteiger partial charge in [-0.25, -0.2) is 0 Å². The van der Waals surface area contributed by atoms with Crippen LogP contribution in [0.15, 0.2) is 65.8 Å². The number of fused-ring (bicyclic) bond motifs is 1. The average Bonchev–Trinajstić information content (AvgIpc) is 2.88. The van der Waals surface area contributed by atoms with Crippen LogP contribution >= 0.6 is 0 Å². The third-order valence-corrected chi connectivity index (χ3v) is 4.07. The fourth-order valence-corrected chi connectivity index (χ4v) is 2.87. The smallest absolute Gasteiger partial charge is 0.184 e. The zero-order valence-electron chi connectivity index (χ0n) is 12.1. The van der Waals surface area contributed by atoms with E-state index in [0.717, 1.165) is 16.8 Å². The molecular weight excluding hydrogens is 278 g/mol. The molecule has 0 saturated carbocycles. The Kier molecular flexibility index (Phi) is 3.62. The molecule has 1 saturated heterocycles. The summed E-state index contributed by atoms with van der Waals surface area (Å²) in [6.07, 6.45) is -0.420. The molecule has 0 N–H and O–H groups in total. The monoisotopic (exact) mass is 295 g/mol. The summed E-state index contributed by atoms with van der Waals surface area (Å²) in [5.74, 6) is 0.108. The number of nitrogens with zero attached hydrogens (tertiary/aromatic N) is 1. The molecule has 0 unspecified atom stereocenters. The van der Waals surface area contributed by atoms with Crippen molar-refractivity contribution in [3.8, 4) is 0 Å². The number of hydrogen-bond acceptors (Lipinski definition) is 4. The Morgan fingerprint density at radius 2 is 1.50 bits per heavy atom. The summed E-state index contributed by atoms with van der Waals surface area (Å²) in [6.45, 7) is 1.02. The Balaban J connectivity index is 1.53. The van der Waals surface area contributed by atoms with Crippen LogP contribution in [-0.2, 0) is 14.3 Å². The molecule has 0 aliphatic carbocycles. The zero-order chi connectivity index (χ0) is 14.8. The normalized spacial score (nSPS) is 27.5. The molecule has 2 heterocycles. The molecule has 2 aliphatic rings. The highest BCUT2D eigenvalue weighted by molar-refractivity contribution is 6.03. The van der Waals surface area contributed by atoms with Crippen molar-refractivity contribution >= 4 is 5.71 Å². The first kappa shape index (κ1) is 13.5. The molecule has 3 atom stereocenters. The third kappa shape index (κ3) is 2.51. The van der Waals surface area contributed by atoms with Crippen molar-refractivity contribution in [3.05, 3.63) is 71.8 Å². The molecule has 22 heavy (non-hydrogen) atoms. The second kappa shape index (κ2) is 5.91. The predicted molar refractivity (Wildman–Crippen MR) is 82.4 cm³/mol. The van der Waals surface area contributed by atoms with Crippen LogP contribution < -0.4 is 0 Å². The Morgan fingerprint density at radius 1 is 0.818 bits per heavy atom. The number of hydrogen-bond donors (Lipinski definition) is 0. The van der Waals surface area contributed by atoms with Gasteiger partial charge in [0.1, 0.15) is 0 Å². The molecule has 4 nitrogen and oxygen atoms in total. The van der Waals surface area contributed by atoms with Gasteiger partial charge in [-0.1, -0.05) is 65.8 Å². The van der Waals surface area contributed by atoms with E-state index >= 15 is 0 Å². The van der Waals surface area contributed by atoms with Crippen molar-refractivity contribution in [2.75, 3.05) is 13.2 Å². The van der Waals surface area contributed by atoms with E-state index in [4.69, 9.17) is 14.3 Å². The van der Waals surface area contributed by atoms with E-state index in [1.165, 1.54) is 0 Å². The van der Waals surface area contributed by atoms with Crippen molar-refractivity contribution in [1.82, 2.24) is 0 Å². The van der Waals surface area contributed by atoms with Gasteiger partial charge in [-0.2, -0.15) is 0 Å². The number of ether oxygens (including phenoxy) is 2. The largest absolute Gasteiger partial charge is 0.389 e. The van der Waals surface area contributed by atoms with Gasteiger partial charge in [0.25, 0.3) is 0 Å².